The lowest BCUT2D eigenvalue weighted by Gasteiger charge is -2.36. The van der Waals surface area contributed by atoms with E-state index in [9.17, 15) is 14.8 Å². The molecule has 1 aliphatic rings. The van der Waals surface area contributed by atoms with E-state index in [0.29, 0.717) is 28.5 Å². The molecule has 0 spiro atoms. The third-order valence-corrected chi connectivity index (χ3v) is 6.09. The Morgan fingerprint density at radius 1 is 1.10 bits per heavy atom. The predicted molar refractivity (Wildman–Crippen MR) is 130 cm³/mol. The second kappa shape index (κ2) is 10.0. The smallest absolute Gasteiger partial charge is 0.322 e. The minimum Gasteiger partial charge on any atom is -0.322 e. The Bertz CT molecular complexity index is 915. The van der Waals surface area contributed by atoms with Crippen LogP contribution in [0.5, 0.6) is 0 Å². The first-order chi connectivity index (χ1) is 14.3. The number of carbonyl (C=O) groups excluding carboxylic acids is 2. The molecule has 1 N–H and O–H groups in total. The molecule has 3 amide bonds. The van der Waals surface area contributed by atoms with Gasteiger partial charge in [0.25, 0.3) is 5.91 Å². The highest BCUT2D eigenvalue weighted by atomic mass is 127. The molecule has 2 aromatic carbocycles. The summed E-state index contributed by atoms with van der Waals surface area (Å²) in [6.45, 7) is 5.51. The van der Waals surface area contributed by atoms with Crippen LogP contribution in [0.4, 0.5) is 10.5 Å². The molecule has 30 heavy (non-hydrogen) atoms. The van der Waals surface area contributed by atoms with E-state index in [-0.39, 0.29) is 6.03 Å². The fourth-order valence-electron chi connectivity index (χ4n) is 3.39. The van der Waals surface area contributed by atoms with E-state index in [2.05, 4.69) is 21.2 Å². The molecule has 7 nitrogen and oxygen atoms in total. The first-order valence-corrected chi connectivity index (χ1v) is 11.2. The van der Waals surface area contributed by atoms with Crippen LogP contribution in [0, 0.1) is 6.92 Å². The lowest BCUT2D eigenvalue weighted by Crippen LogP contribution is -2.52. The standard InChI is InChI=1S/C21H26IN4O3P/c1-15-3-8-18(19(30)13-15)25(21(28)24-11-9-23(2)10-12-24)14-16-4-6-17(7-5-16)20(27)26(22)29/h3-8,13,29H,9-12,14,30H2,1-2H3. The second-order valence-corrected chi connectivity index (χ2v) is 9.02. The van der Waals surface area contributed by atoms with E-state index >= 15 is 0 Å². The summed E-state index contributed by atoms with van der Waals surface area (Å²) in [5, 5.41) is 10.3. The molecule has 1 unspecified atom stereocenters. The summed E-state index contributed by atoms with van der Waals surface area (Å²) >= 11 is 1.52. The Balaban J connectivity index is 1.87. The zero-order chi connectivity index (χ0) is 21.8. The maximum absolute atomic E-state index is 13.4. The fraction of sp³-hybridized carbons (Fsp3) is 0.333. The van der Waals surface area contributed by atoms with Gasteiger partial charge in [0, 0.05) is 31.7 Å². The van der Waals surface area contributed by atoms with Crippen LogP contribution in [0.15, 0.2) is 42.5 Å². The third kappa shape index (κ3) is 5.49. The monoisotopic (exact) mass is 540 g/mol. The van der Waals surface area contributed by atoms with Crippen LogP contribution in [0.3, 0.4) is 0 Å². The topological polar surface area (TPSA) is 67.3 Å². The van der Waals surface area contributed by atoms with Gasteiger partial charge in [0.05, 0.1) is 35.1 Å². The van der Waals surface area contributed by atoms with Gasteiger partial charge in [-0.15, -0.1) is 9.24 Å². The Morgan fingerprint density at radius 3 is 2.30 bits per heavy atom. The van der Waals surface area contributed by atoms with Gasteiger partial charge in [0.15, 0.2) is 0 Å². The molecule has 160 valence electrons. The quantitative estimate of drug-likeness (QED) is 0.213. The molecule has 0 saturated carbocycles. The van der Waals surface area contributed by atoms with Gasteiger partial charge >= 0.3 is 6.03 Å². The number of rotatable bonds is 4. The maximum atomic E-state index is 13.4. The number of urea groups is 1. The lowest BCUT2D eigenvalue weighted by atomic mass is 10.1. The third-order valence-electron chi connectivity index (χ3n) is 5.19. The maximum Gasteiger partial charge on any atom is 0.324 e. The van der Waals surface area contributed by atoms with E-state index in [1.165, 1.54) is 22.9 Å². The lowest BCUT2D eigenvalue weighted by molar-refractivity contribution is 0.0280. The van der Waals surface area contributed by atoms with Crippen molar-refractivity contribution in [3.63, 3.8) is 0 Å². The van der Waals surface area contributed by atoms with Gasteiger partial charge in [-0.3, -0.25) is 14.9 Å². The predicted octanol–water partition coefficient (Wildman–Crippen LogP) is 3.05. The number of amides is 3. The molecule has 3 rings (SSSR count). The number of halogens is 1. The van der Waals surface area contributed by atoms with Crippen molar-refractivity contribution in [2.75, 3.05) is 38.1 Å². The van der Waals surface area contributed by atoms with Gasteiger partial charge in [0.2, 0.25) is 0 Å². The van der Waals surface area contributed by atoms with Crippen molar-refractivity contribution in [2.45, 2.75) is 13.5 Å². The molecule has 0 radical (unpaired) electrons. The summed E-state index contributed by atoms with van der Waals surface area (Å²) in [5.74, 6) is -0.488. The molecule has 1 saturated heterocycles. The number of likely N-dealkylation sites (N-methyl/N-ethyl adjacent to an activating group) is 1. The van der Waals surface area contributed by atoms with Crippen LogP contribution in [0.25, 0.3) is 0 Å². The molecular formula is C21H26IN4O3P. The summed E-state index contributed by atoms with van der Waals surface area (Å²) in [4.78, 5) is 31.2. The van der Waals surface area contributed by atoms with Gasteiger partial charge in [-0.1, -0.05) is 29.8 Å². The molecule has 2 aromatic rings. The Morgan fingerprint density at radius 2 is 1.73 bits per heavy atom. The average Bonchev–Trinajstić information content (AvgIpc) is 2.72. The summed E-state index contributed by atoms with van der Waals surface area (Å²) < 4.78 is 0.531. The van der Waals surface area contributed by atoms with E-state index in [0.717, 1.165) is 35.2 Å². The summed E-state index contributed by atoms with van der Waals surface area (Å²) in [6, 6.07) is 13.0. The van der Waals surface area contributed by atoms with Gasteiger partial charge in [-0.05, 0) is 43.0 Å². The molecular weight excluding hydrogens is 514 g/mol. The summed E-state index contributed by atoms with van der Waals surface area (Å²) in [5.41, 5.74) is 3.26. The fourth-order valence-corrected chi connectivity index (χ4v) is 4.18. The molecule has 1 fully saturated rings. The van der Waals surface area contributed by atoms with Crippen LogP contribution in [-0.2, 0) is 6.54 Å². The zero-order valence-electron chi connectivity index (χ0n) is 17.1. The highest BCUT2D eigenvalue weighted by molar-refractivity contribution is 14.1. The zero-order valence-corrected chi connectivity index (χ0v) is 20.4. The number of anilines is 1. The summed E-state index contributed by atoms with van der Waals surface area (Å²) in [6.07, 6.45) is 0. The Labute approximate surface area is 193 Å². The van der Waals surface area contributed by atoms with Crippen molar-refractivity contribution in [2.24, 2.45) is 0 Å². The van der Waals surface area contributed by atoms with Gasteiger partial charge in [0.1, 0.15) is 0 Å². The SMILES string of the molecule is Cc1ccc(N(Cc2ccc(C(=O)N(O)I)cc2)C(=O)N2CCN(C)CC2)c(P)c1. The Hall–Kier alpha value is -1.74. The van der Waals surface area contributed by atoms with E-state index in [1.807, 2.05) is 42.2 Å². The molecule has 0 aromatic heterocycles. The highest BCUT2D eigenvalue weighted by Crippen LogP contribution is 2.22. The average molecular weight is 540 g/mol. The molecule has 1 aliphatic heterocycles. The number of carbonyl (C=O) groups is 2. The van der Waals surface area contributed by atoms with Gasteiger partial charge in [-0.25, -0.2) is 4.79 Å². The first kappa shape index (κ1) is 22.9. The number of hydrogen-bond acceptors (Lipinski definition) is 4. The normalized spacial score (nSPS) is 14.5. The van der Waals surface area contributed by atoms with Crippen LogP contribution < -0.4 is 10.2 Å². The van der Waals surface area contributed by atoms with Crippen molar-refractivity contribution in [3.05, 3.63) is 59.2 Å². The van der Waals surface area contributed by atoms with E-state index in [4.69, 9.17) is 0 Å². The van der Waals surface area contributed by atoms with Crippen molar-refractivity contribution in [1.82, 2.24) is 13.1 Å². The minimum atomic E-state index is -0.488. The summed E-state index contributed by atoms with van der Waals surface area (Å²) in [7, 11) is 4.79. The number of piperazine rings is 1. The van der Waals surface area contributed by atoms with Crippen LogP contribution >= 0.6 is 32.1 Å². The molecule has 0 aliphatic carbocycles. The van der Waals surface area contributed by atoms with E-state index < -0.39 is 5.91 Å². The van der Waals surface area contributed by atoms with Gasteiger partial charge < -0.3 is 9.80 Å². The van der Waals surface area contributed by atoms with Crippen LogP contribution in [0.1, 0.15) is 21.5 Å². The van der Waals surface area contributed by atoms with Crippen LogP contribution in [-0.4, -0.2) is 63.4 Å². The van der Waals surface area contributed by atoms with Crippen molar-refractivity contribution >= 4 is 55.0 Å². The molecule has 9 heteroatoms. The number of hydrogen-bond donors (Lipinski definition) is 1. The molecule has 0 bridgehead atoms. The minimum absolute atomic E-state index is 0.0235. The second-order valence-electron chi connectivity index (χ2n) is 7.48. The van der Waals surface area contributed by atoms with Crippen molar-refractivity contribution < 1.29 is 14.8 Å². The number of aryl methyl sites for hydroxylation is 1. The number of benzene rings is 2. The molecule has 1 atom stereocenters. The highest BCUT2D eigenvalue weighted by Gasteiger charge is 2.26. The van der Waals surface area contributed by atoms with Crippen molar-refractivity contribution in [3.8, 4) is 0 Å². The van der Waals surface area contributed by atoms with Gasteiger partial charge in [-0.2, -0.15) is 3.28 Å². The number of nitrogens with zero attached hydrogens (tertiary/aromatic N) is 4. The number of hydroxylamine groups is 1. The van der Waals surface area contributed by atoms with E-state index in [1.54, 1.807) is 17.0 Å². The largest absolute Gasteiger partial charge is 0.324 e. The van der Waals surface area contributed by atoms with Crippen LogP contribution in [0.2, 0.25) is 0 Å². The first-order valence-electron chi connectivity index (χ1n) is 9.65. The Kier molecular flexibility index (Phi) is 7.68. The van der Waals surface area contributed by atoms with Crippen molar-refractivity contribution in [1.29, 1.82) is 0 Å². The molecule has 1 heterocycles.